The van der Waals surface area contributed by atoms with Crippen molar-refractivity contribution in [1.29, 1.82) is 5.41 Å². The number of fused-ring (bicyclic) bond motifs is 1. The number of nitrogens with one attached hydrogen (secondary N) is 1. The van der Waals surface area contributed by atoms with Crippen molar-refractivity contribution in [2.75, 3.05) is 12.4 Å². The molecule has 9 heteroatoms. The van der Waals surface area contributed by atoms with Crippen LogP contribution in [0.25, 0.3) is 6.08 Å². The largest absolute Gasteiger partial charge is 0.493 e. The first-order valence-corrected chi connectivity index (χ1v) is 13.3. The number of aliphatic imine (C=N–C) groups is 1. The molecule has 3 aromatic carbocycles. The highest BCUT2D eigenvalue weighted by molar-refractivity contribution is 8.27. The first-order chi connectivity index (χ1) is 17.5. The van der Waals surface area contributed by atoms with Gasteiger partial charge in [-0.05, 0) is 60.7 Å². The van der Waals surface area contributed by atoms with Gasteiger partial charge in [0.1, 0.15) is 10.8 Å². The van der Waals surface area contributed by atoms with E-state index in [1.54, 1.807) is 23.9 Å². The van der Waals surface area contributed by atoms with Gasteiger partial charge in [0.2, 0.25) is 5.17 Å². The van der Waals surface area contributed by atoms with Gasteiger partial charge < -0.3 is 4.74 Å². The number of amides is 1. The first-order valence-electron chi connectivity index (χ1n) is 11.2. The molecule has 1 amide bonds. The van der Waals surface area contributed by atoms with Crippen molar-refractivity contribution in [2.24, 2.45) is 10.1 Å². The van der Waals surface area contributed by atoms with Crippen LogP contribution in [0.5, 0.6) is 5.75 Å². The van der Waals surface area contributed by atoms with Gasteiger partial charge in [0.25, 0.3) is 5.91 Å². The van der Waals surface area contributed by atoms with E-state index in [9.17, 15) is 4.79 Å². The average Bonchev–Trinajstić information content (AvgIpc) is 3.30. The number of hydrogen-bond acceptors (Lipinski definition) is 6. The Morgan fingerprint density at radius 1 is 1.08 bits per heavy atom. The van der Waals surface area contributed by atoms with Crippen molar-refractivity contribution in [2.45, 2.75) is 11.8 Å². The zero-order chi connectivity index (χ0) is 25.1. The van der Waals surface area contributed by atoms with E-state index in [1.807, 2.05) is 42.5 Å². The quantitative estimate of drug-likeness (QED) is 0.214. The third-order valence-corrected chi connectivity index (χ3v) is 7.64. The number of ether oxygens (including phenoxy) is 1. The van der Waals surface area contributed by atoms with Crippen LogP contribution in [0.3, 0.4) is 0 Å². The molecular formula is C27H21ClN4O2S2. The van der Waals surface area contributed by atoms with E-state index < -0.39 is 5.91 Å². The molecule has 2 aliphatic rings. The SMILES string of the molecule is Cc1ccc(SCCOc2ccc(/C=C3\C(=N)N4N=C(c5ccccc5Cl)SC4=NC3=O)cc2)cc1. The molecule has 0 bridgehead atoms. The van der Waals surface area contributed by atoms with Gasteiger partial charge in [0.05, 0.1) is 17.2 Å². The lowest BCUT2D eigenvalue weighted by molar-refractivity contribution is -0.114. The van der Waals surface area contributed by atoms with Crippen LogP contribution in [0.2, 0.25) is 5.02 Å². The summed E-state index contributed by atoms with van der Waals surface area (Å²) in [6, 6.07) is 23.2. The first kappa shape index (κ1) is 24.4. The Bertz CT molecular complexity index is 1420. The van der Waals surface area contributed by atoms with Crippen molar-refractivity contribution < 1.29 is 9.53 Å². The average molecular weight is 533 g/mol. The van der Waals surface area contributed by atoms with E-state index in [0.717, 1.165) is 22.6 Å². The number of carbonyl (C=O) groups is 1. The van der Waals surface area contributed by atoms with Crippen molar-refractivity contribution in [3.05, 3.63) is 100 Å². The van der Waals surface area contributed by atoms with E-state index in [1.165, 1.54) is 27.2 Å². The summed E-state index contributed by atoms with van der Waals surface area (Å²) in [7, 11) is 0. The molecule has 5 rings (SSSR count). The highest BCUT2D eigenvalue weighted by Crippen LogP contribution is 2.33. The third-order valence-electron chi connectivity index (χ3n) is 5.39. The highest BCUT2D eigenvalue weighted by atomic mass is 35.5. The lowest BCUT2D eigenvalue weighted by atomic mass is 10.1. The Hall–Kier alpha value is -3.33. The number of rotatable bonds is 7. The summed E-state index contributed by atoms with van der Waals surface area (Å²) in [4.78, 5) is 18.1. The minimum atomic E-state index is -0.470. The van der Waals surface area contributed by atoms with Gasteiger partial charge >= 0.3 is 0 Å². The Morgan fingerprint density at radius 2 is 1.83 bits per heavy atom. The molecule has 0 saturated carbocycles. The van der Waals surface area contributed by atoms with E-state index in [4.69, 9.17) is 21.7 Å². The Morgan fingerprint density at radius 3 is 2.58 bits per heavy atom. The van der Waals surface area contributed by atoms with Crippen LogP contribution in [0.4, 0.5) is 0 Å². The van der Waals surface area contributed by atoms with Crippen LogP contribution in [0.1, 0.15) is 16.7 Å². The van der Waals surface area contributed by atoms with Crippen molar-refractivity contribution in [3.63, 3.8) is 0 Å². The molecule has 0 atom stereocenters. The fourth-order valence-corrected chi connectivity index (χ4v) is 5.46. The highest BCUT2D eigenvalue weighted by Gasteiger charge is 2.36. The summed E-state index contributed by atoms with van der Waals surface area (Å²) < 4.78 is 5.85. The number of hydrazone groups is 1. The minimum Gasteiger partial charge on any atom is -0.493 e. The monoisotopic (exact) mass is 532 g/mol. The molecule has 0 aliphatic carbocycles. The summed E-state index contributed by atoms with van der Waals surface area (Å²) >= 11 is 9.27. The van der Waals surface area contributed by atoms with Crippen molar-refractivity contribution in [1.82, 2.24) is 5.01 Å². The number of hydrogen-bond donors (Lipinski definition) is 1. The summed E-state index contributed by atoms with van der Waals surface area (Å²) in [6.45, 7) is 2.66. The van der Waals surface area contributed by atoms with Crippen LogP contribution in [0, 0.1) is 12.3 Å². The Balaban J connectivity index is 1.23. The second-order valence-corrected chi connectivity index (χ2v) is 10.5. The minimum absolute atomic E-state index is 0.0204. The number of amidine groups is 2. The van der Waals surface area contributed by atoms with Crippen molar-refractivity contribution in [3.8, 4) is 5.75 Å². The van der Waals surface area contributed by atoms with E-state index in [-0.39, 0.29) is 11.4 Å². The molecule has 0 saturated heterocycles. The molecule has 180 valence electrons. The zero-order valence-corrected chi connectivity index (χ0v) is 21.7. The molecule has 36 heavy (non-hydrogen) atoms. The normalized spacial score (nSPS) is 16.2. The standard InChI is InChI=1S/C27H21ClN4O2S2/c1-17-6-12-20(13-7-17)35-15-14-34-19-10-8-18(9-11-19)16-22-24(29)32-27(30-25(22)33)36-26(31-32)21-4-2-3-5-23(21)28/h2-13,16,29H,14-15H2,1H3/b22-16+,29-24?. The maximum atomic E-state index is 12.7. The molecule has 2 aliphatic heterocycles. The predicted octanol–water partition coefficient (Wildman–Crippen LogP) is 6.49. The van der Waals surface area contributed by atoms with Gasteiger partial charge in [-0.1, -0.05) is 59.6 Å². The molecule has 6 nitrogen and oxygen atoms in total. The van der Waals surface area contributed by atoms with Gasteiger partial charge in [-0.25, -0.2) is 0 Å². The van der Waals surface area contributed by atoms with Crippen LogP contribution in [-0.2, 0) is 4.79 Å². The lowest BCUT2D eigenvalue weighted by Crippen LogP contribution is -2.35. The van der Waals surface area contributed by atoms with Gasteiger partial charge in [-0.3, -0.25) is 10.2 Å². The summed E-state index contributed by atoms with van der Waals surface area (Å²) in [5.41, 5.74) is 2.92. The smallest absolute Gasteiger partial charge is 0.283 e. The molecule has 0 fully saturated rings. The fraction of sp³-hybridized carbons (Fsp3) is 0.111. The summed E-state index contributed by atoms with van der Waals surface area (Å²) in [5.74, 6) is 1.10. The van der Waals surface area contributed by atoms with Gasteiger partial charge in [0, 0.05) is 16.2 Å². The second kappa shape index (κ2) is 10.7. The third kappa shape index (κ3) is 5.41. The van der Waals surface area contributed by atoms with Crippen molar-refractivity contribution >= 4 is 63.2 Å². The number of aryl methyl sites for hydroxylation is 1. The Labute approximate surface area is 222 Å². The van der Waals surface area contributed by atoms with E-state index in [2.05, 4.69) is 41.3 Å². The predicted molar refractivity (Wildman–Crippen MR) is 149 cm³/mol. The van der Waals surface area contributed by atoms with Crippen LogP contribution >= 0.6 is 35.1 Å². The molecule has 0 radical (unpaired) electrons. The van der Waals surface area contributed by atoms with Crippen LogP contribution in [0.15, 0.2) is 93.4 Å². The van der Waals surface area contributed by atoms with Gasteiger partial charge in [-0.15, -0.1) is 11.8 Å². The lowest BCUT2D eigenvalue weighted by Gasteiger charge is -2.20. The number of carbonyl (C=O) groups excluding carboxylic acids is 1. The fourth-order valence-electron chi connectivity index (χ4n) is 3.52. The Kier molecular flexibility index (Phi) is 7.27. The molecule has 2 heterocycles. The topological polar surface area (TPSA) is 78.1 Å². The number of benzene rings is 3. The van der Waals surface area contributed by atoms with Gasteiger partial charge in [0.15, 0.2) is 5.84 Å². The maximum absolute atomic E-state index is 12.7. The zero-order valence-electron chi connectivity index (χ0n) is 19.3. The summed E-state index contributed by atoms with van der Waals surface area (Å²) in [6.07, 6.45) is 1.65. The molecular weight excluding hydrogens is 512 g/mol. The van der Waals surface area contributed by atoms with Gasteiger partial charge in [-0.2, -0.15) is 15.1 Å². The summed E-state index contributed by atoms with van der Waals surface area (Å²) in [5, 5.41) is 15.9. The molecule has 1 N–H and O–H groups in total. The van der Waals surface area contributed by atoms with E-state index in [0.29, 0.717) is 21.8 Å². The number of nitrogens with zero attached hydrogens (tertiary/aromatic N) is 3. The number of thioether (sulfide) groups is 2. The van der Waals surface area contributed by atoms with Crippen LogP contribution in [-0.4, -0.2) is 39.3 Å². The molecule has 0 unspecified atom stereocenters. The second-order valence-electron chi connectivity index (χ2n) is 7.98. The van der Waals surface area contributed by atoms with E-state index >= 15 is 0 Å². The molecule has 3 aromatic rings. The molecule has 0 aromatic heterocycles. The maximum Gasteiger partial charge on any atom is 0.283 e. The molecule has 0 spiro atoms. The van der Waals surface area contributed by atoms with Crippen LogP contribution < -0.4 is 4.74 Å². The number of halogens is 1.